The molecule has 10 nitrogen and oxygen atoms in total. The van der Waals surface area contributed by atoms with Gasteiger partial charge in [-0.2, -0.15) is 5.10 Å². The third kappa shape index (κ3) is 3.60. The van der Waals surface area contributed by atoms with E-state index in [4.69, 9.17) is 26.8 Å². The number of nitrogens with one attached hydrogen (secondary N) is 1. The average molecular weight is 412 g/mol. The Bertz CT molecular complexity index is 1210. The normalized spacial score (nSPS) is 11.6. The van der Waals surface area contributed by atoms with E-state index >= 15 is 0 Å². The number of methoxy groups -OCH3 is 1. The zero-order valence-corrected chi connectivity index (χ0v) is 15.8. The van der Waals surface area contributed by atoms with E-state index in [2.05, 4.69) is 30.7 Å². The summed E-state index contributed by atoms with van der Waals surface area (Å²) in [6.45, 7) is 0. The predicted molar refractivity (Wildman–Crippen MR) is 107 cm³/mol. The highest BCUT2D eigenvalue weighted by molar-refractivity contribution is 6.30. The Hall–Kier alpha value is -3.92. The number of ether oxygens (including phenoxy) is 1. The third-order valence-electron chi connectivity index (χ3n) is 4.03. The first kappa shape index (κ1) is 18.4. The molecule has 0 spiro atoms. The molecule has 0 aliphatic carbocycles. The van der Waals surface area contributed by atoms with Crippen molar-refractivity contribution in [2.45, 2.75) is 0 Å². The number of anilines is 2. The quantitative estimate of drug-likeness (QED) is 0.256. The molecule has 0 unspecified atom stereocenters. The molecule has 4 rings (SSSR count). The summed E-state index contributed by atoms with van der Waals surface area (Å²) in [5.74, 6) is 6.24. The van der Waals surface area contributed by atoms with E-state index in [1.807, 2.05) is 0 Å². The number of phenolic OH excluding ortho intramolecular Hbond substituents is 1. The van der Waals surface area contributed by atoms with Crippen molar-refractivity contribution in [2.75, 3.05) is 12.4 Å². The average Bonchev–Trinajstić information content (AvgIpc) is 3.18. The first-order valence-electron chi connectivity index (χ1n) is 8.27. The number of phenols is 1. The number of aromatic nitrogens is 4. The molecule has 146 valence electrons. The van der Waals surface area contributed by atoms with Crippen molar-refractivity contribution in [2.24, 2.45) is 10.9 Å². The summed E-state index contributed by atoms with van der Waals surface area (Å²) in [4.78, 5) is 8.86. The minimum atomic E-state index is -0.0191. The maximum Gasteiger partial charge on any atom is 0.245 e. The van der Waals surface area contributed by atoms with Gasteiger partial charge in [-0.05, 0) is 52.8 Å². The molecule has 0 amide bonds. The fourth-order valence-corrected chi connectivity index (χ4v) is 2.78. The lowest BCUT2D eigenvalue weighted by atomic mass is 10.1. The molecule has 0 aliphatic rings. The molecule has 0 radical (unpaired) electrons. The van der Waals surface area contributed by atoms with Crippen molar-refractivity contribution >= 4 is 40.1 Å². The number of nitrogens with two attached hydrogens (primary N) is 1. The van der Waals surface area contributed by atoms with Crippen molar-refractivity contribution in [1.29, 1.82) is 0 Å². The lowest BCUT2D eigenvalue weighted by Gasteiger charge is -2.13. The van der Waals surface area contributed by atoms with Gasteiger partial charge in [-0.1, -0.05) is 11.6 Å². The molecule has 4 N–H and O–H groups in total. The number of fused-ring (bicyclic) bond motifs is 1. The smallest absolute Gasteiger partial charge is 0.245 e. The van der Waals surface area contributed by atoms with Crippen LogP contribution >= 0.6 is 11.6 Å². The summed E-state index contributed by atoms with van der Waals surface area (Å²) >= 11 is 5.95. The van der Waals surface area contributed by atoms with E-state index in [1.54, 1.807) is 36.4 Å². The number of hydrogen-bond donors (Lipinski definition) is 3. The fraction of sp³-hybridized carbons (Fsp3) is 0.0556. The van der Waals surface area contributed by atoms with E-state index < -0.39 is 0 Å². The first-order valence-corrected chi connectivity index (χ1v) is 8.65. The second-order valence-electron chi connectivity index (χ2n) is 5.83. The molecule has 0 aliphatic heterocycles. The second kappa shape index (κ2) is 7.60. The number of halogens is 1. The van der Waals surface area contributed by atoms with Gasteiger partial charge in [0.15, 0.2) is 17.3 Å². The molecule has 4 aromatic rings. The number of nitrogens with zero attached hydrogens (tertiary/aromatic N) is 5. The van der Waals surface area contributed by atoms with Crippen LogP contribution in [0.2, 0.25) is 5.02 Å². The van der Waals surface area contributed by atoms with Crippen molar-refractivity contribution in [3.8, 4) is 11.5 Å². The van der Waals surface area contributed by atoms with Crippen LogP contribution < -0.4 is 15.9 Å². The van der Waals surface area contributed by atoms with E-state index in [1.165, 1.54) is 13.2 Å². The Kier molecular flexibility index (Phi) is 4.83. The van der Waals surface area contributed by atoms with Crippen LogP contribution in [0.5, 0.6) is 11.5 Å². The monoisotopic (exact) mass is 411 g/mol. The number of hydrazone groups is 1. The van der Waals surface area contributed by atoms with Gasteiger partial charge in [0.1, 0.15) is 11.4 Å². The van der Waals surface area contributed by atoms with E-state index in [0.29, 0.717) is 27.8 Å². The molecule has 0 saturated heterocycles. The van der Waals surface area contributed by atoms with Crippen LogP contribution in [0.4, 0.5) is 11.5 Å². The van der Waals surface area contributed by atoms with E-state index in [-0.39, 0.29) is 28.5 Å². The minimum Gasteiger partial charge on any atom is -0.504 e. The van der Waals surface area contributed by atoms with Crippen molar-refractivity contribution in [3.63, 3.8) is 0 Å². The summed E-state index contributed by atoms with van der Waals surface area (Å²) in [6.07, 6.45) is 0. The highest BCUT2D eigenvalue weighted by Gasteiger charge is 2.20. The zero-order valence-electron chi connectivity index (χ0n) is 15.0. The predicted octanol–water partition coefficient (Wildman–Crippen LogP) is 2.84. The maximum atomic E-state index is 9.87. The van der Waals surface area contributed by atoms with E-state index in [0.717, 1.165) is 0 Å². The first-order chi connectivity index (χ1) is 14.1. The highest BCUT2D eigenvalue weighted by atomic mass is 35.5. The topological polar surface area (TPSA) is 145 Å². The molecule has 0 atom stereocenters. The van der Waals surface area contributed by atoms with Crippen LogP contribution in [0.15, 0.2) is 52.2 Å². The molecule has 11 heteroatoms. The molecule has 0 fully saturated rings. The van der Waals surface area contributed by atoms with Crippen LogP contribution in [0.1, 0.15) is 11.3 Å². The molecule has 2 aromatic carbocycles. The Balaban J connectivity index is 1.85. The Labute approximate surface area is 168 Å². The van der Waals surface area contributed by atoms with E-state index in [9.17, 15) is 5.11 Å². The molecular weight excluding hydrogens is 398 g/mol. The van der Waals surface area contributed by atoms with Gasteiger partial charge in [-0.25, -0.2) is 14.6 Å². The van der Waals surface area contributed by atoms with Crippen molar-refractivity contribution in [1.82, 2.24) is 20.3 Å². The summed E-state index contributed by atoms with van der Waals surface area (Å²) < 4.78 is 9.88. The molecular formula is C18H14ClN7O3. The van der Waals surface area contributed by atoms with Crippen LogP contribution in [0, 0.1) is 0 Å². The van der Waals surface area contributed by atoms with Gasteiger partial charge in [0.2, 0.25) is 11.3 Å². The van der Waals surface area contributed by atoms with Gasteiger partial charge >= 0.3 is 0 Å². The van der Waals surface area contributed by atoms with Gasteiger partial charge in [0.25, 0.3) is 0 Å². The third-order valence-corrected chi connectivity index (χ3v) is 4.28. The summed E-state index contributed by atoms with van der Waals surface area (Å²) in [7, 11) is 1.44. The summed E-state index contributed by atoms with van der Waals surface area (Å²) in [5.41, 5.74) is 2.25. The van der Waals surface area contributed by atoms with Gasteiger partial charge in [-0.3, -0.25) is 0 Å². The van der Waals surface area contributed by atoms with Crippen LogP contribution in [0.25, 0.3) is 11.3 Å². The largest absolute Gasteiger partial charge is 0.504 e. The van der Waals surface area contributed by atoms with Crippen LogP contribution in [0.3, 0.4) is 0 Å². The van der Waals surface area contributed by atoms with Gasteiger partial charge < -0.3 is 21.0 Å². The molecule has 29 heavy (non-hydrogen) atoms. The Morgan fingerprint density at radius 1 is 1.14 bits per heavy atom. The summed E-state index contributed by atoms with van der Waals surface area (Å²) in [6, 6.07) is 11.7. The molecule has 0 saturated carbocycles. The molecule has 0 bridgehead atoms. The number of hydrogen-bond acceptors (Lipinski definition) is 10. The number of aromatic hydroxyl groups is 1. The number of benzene rings is 2. The fourth-order valence-electron chi connectivity index (χ4n) is 2.66. The highest BCUT2D eigenvalue weighted by Crippen LogP contribution is 2.29. The van der Waals surface area contributed by atoms with Gasteiger partial charge in [-0.15, -0.1) is 0 Å². The summed E-state index contributed by atoms with van der Waals surface area (Å²) in [5, 5.41) is 24.9. The molecule has 2 heterocycles. The minimum absolute atomic E-state index is 0.0191. The van der Waals surface area contributed by atoms with Crippen molar-refractivity contribution in [3.05, 3.63) is 58.7 Å². The van der Waals surface area contributed by atoms with Gasteiger partial charge in [0, 0.05) is 16.3 Å². The SMILES string of the molecule is COc1cc(C(=NN)c2nc3nonc3nc2Nc2ccc(Cl)cc2)ccc1O. The van der Waals surface area contributed by atoms with Gasteiger partial charge in [0.05, 0.1) is 7.11 Å². The number of rotatable bonds is 5. The lowest BCUT2D eigenvalue weighted by Crippen LogP contribution is -2.13. The lowest BCUT2D eigenvalue weighted by molar-refractivity contribution is 0.314. The Morgan fingerprint density at radius 2 is 1.86 bits per heavy atom. The maximum absolute atomic E-state index is 9.87. The standard InChI is InChI=1S/C18H14ClN7O3/c1-28-13-8-9(2-7-12(13)27)14(24-20)15-16(21-11-5-3-10(19)4-6-11)23-18-17(22-15)25-29-26-18/h2-8,27H,20H2,1H3,(H,21,23,26). The zero-order chi connectivity index (χ0) is 20.4. The second-order valence-corrected chi connectivity index (χ2v) is 6.26. The van der Waals surface area contributed by atoms with Crippen LogP contribution in [-0.4, -0.2) is 38.2 Å². The Morgan fingerprint density at radius 3 is 2.55 bits per heavy atom. The van der Waals surface area contributed by atoms with Crippen molar-refractivity contribution < 1.29 is 14.5 Å². The van der Waals surface area contributed by atoms with Crippen LogP contribution in [-0.2, 0) is 0 Å². The molecule has 2 aromatic heterocycles.